The van der Waals surface area contributed by atoms with Gasteiger partial charge < -0.3 is 9.47 Å². The Bertz CT molecular complexity index is 551. The van der Waals surface area contributed by atoms with Crippen molar-refractivity contribution in [1.29, 1.82) is 0 Å². The van der Waals surface area contributed by atoms with Crippen LogP contribution in [0.3, 0.4) is 0 Å². The summed E-state index contributed by atoms with van der Waals surface area (Å²) in [4.78, 5) is 2.60. The van der Waals surface area contributed by atoms with Gasteiger partial charge in [0.25, 0.3) is 0 Å². The van der Waals surface area contributed by atoms with Crippen molar-refractivity contribution in [1.82, 2.24) is 4.90 Å². The van der Waals surface area contributed by atoms with Crippen molar-refractivity contribution < 1.29 is 9.47 Å². The molecule has 0 atom stereocenters. The van der Waals surface area contributed by atoms with E-state index < -0.39 is 0 Å². The van der Waals surface area contributed by atoms with Crippen LogP contribution >= 0.6 is 0 Å². The maximum Gasteiger partial charge on any atom is 0.130 e. The van der Waals surface area contributed by atoms with E-state index in [4.69, 9.17) is 9.47 Å². The molecule has 0 unspecified atom stereocenters. The van der Waals surface area contributed by atoms with Crippen molar-refractivity contribution >= 4 is 0 Å². The van der Waals surface area contributed by atoms with Gasteiger partial charge in [-0.2, -0.15) is 0 Å². The number of rotatable bonds is 5. The summed E-state index contributed by atoms with van der Waals surface area (Å²) in [5.41, 5.74) is 3.38. The monoisotopic (exact) mass is 301 g/mol. The summed E-state index contributed by atoms with van der Waals surface area (Å²) >= 11 is 0. The highest BCUT2D eigenvalue weighted by Crippen LogP contribution is 2.54. The minimum atomic E-state index is 0.640. The van der Waals surface area contributed by atoms with Crippen LogP contribution in [0.5, 0.6) is 11.5 Å². The van der Waals surface area contributed by atoms with Crippen LogP contribution in [0.25, 0.3) is 0 Å². The molecule has 1 spiro atoms. The largest absolute Gasteiger partial charge is 0.496 e. The predicted octanol–water partition coefficient (Wildman–Crippen LogP) is 3.96. The summed E-state index contributed by atoms with van der Waals surface area (Å²) < 4.78 is 11.4. The number of hydrogen-bond acceptors (Lipinski definition) is 3. The Morgan fingerprint density at radius 1 is 1.05 bits per heavy atom. The lowest BCUT2D eigenvalue weighted by Crippen LogP contribution is -2.34. The van der Waals surface area contributed by atoms with Crippen LogP contribution in [0.15, 0.2) is 12.1 Å². The maximum atomic E-state index is 5.81. The Kier molecular flexibility index (Phi) is 3.56. The molecule has 1 aromatic carbocycles. The van der Waals surface area contributed by atoms with E-state index in [2.05, 4.69) is 17.0 Å². The molecule has 1 saturated heterocycles. The first-order chi connectivity index (χ1) is 10.7. The van der Waals surface area contributed by atoms with Crippen LogP contribution in [0.2, 0.25) is 0 Å². The average molecular weight is 301 g/mol. The molecule has 0 radical (unpaired) electrons. The van der Waals surface area contributed by atoms with Crippen LogP contribution in [0.4, 0.5) is 0 Å². The van der Waals surface area contributed by atoms with Crippen molar-refractivity contribution in [2.45, 2.75) is 51.0 Å². The lowest BCUT2D eigenvalue weighted by molar-refractivity contribution is 0.164. The normalized spacial score (nSPS) is 23.5. The van der Waals surface area contributed by atoms with Crippen molar-refractivity contribution in [3.8, 4) is 11.5 Å². The molecule has 2 aliphatic carbocycles. The Balaban J connectivity index is 1.54. The molecule has 2 saturated carbocycles. The number of ether oxygens (including phenoxy) is 2. The second-order valence-electron chi connectivity index (χ2n) is 7.42. The smallest absolute Gasteiger partial charge is 0.130 e. The number of nitrogens with zero attached hydrogens (tertiary/aromatic N) is 1. The number of piperidine rings is 1. The van der Waals surface area contributed by atoms with E-state index in [1.54, 1.807) is 14.2 Å². The topological polar surface area (TPSA) is 21.7 Å². The first-order valence-electron chi connectivity index (χ1n) is 8.71. The average Bonchev–Trinajstić information content (AvgIpc) is 3.45. The molecular formula is C19H27NO2. The Morgan fingerprint density at radius 2 is 1.77 bits per heavy atom. The van der Waals surface area contributed by atoms with Crippen LogP contribution in [0.1, 0.15) is 55.6 Å². The van der Waals surface area contributed by atoms with Crippen LogP contribution in [-0.2, 0) is 6.54 Å². The molecule has 1 aliphatic heterocycles. The van der Waals surface area contributed by atoms with Gasteiger partial charge in [-0.1, -0.05) is 6.07 Å². The van der Waals surface area contributed by atoms with Crippen molar-refractivity contribution in [3.05, 3.63) is 23.3 Å². The summed E-state index contributed by atoms with van der Waals surface area (Å²) in [5, 5.41) is 0. The lowest BCUT2D eigenvalue weighted by atomic mass is 9.93. The van der Waals surface area contributed by atoms with Crippen molar-refractivity contribution in [3.63, 3.8) is 0 Å². The molecule has 0 amide bonds. The number of methoxy groups -OCH3 is 2. The number of hydrogen-bond donors (Lipinski definition) is 0. The first-order valence-corrected chi connectivity index (χ1v) is 8.71. The van der Waals surface area contributed by atoms with Crippen molar-refractivity contribution in [2.24, 2.45) is 5.41 Å². The van der Waals surface area contributed by atoms with E-state index in [9.17, 15) is 0 Å². The zero-order chi connectivity index (χ0) is 15.2. The van der Waals surface area contributed by atoms with Gasteiger partial charge in [-0.3, -0.25) is 4.90 Å². The molecule has 4 rings (SSSR count). The Hall–Kier alpha value is -1.22. The summed E-state index contributed by atoms with van der Waals surface area (Å²) in [6.45, 7) is 3.50. The van der Waals surface area contributed by atoms with Crippen LogP contribution in [0, 0.1) is 5.41 Å². The summed E-state index contributed by atoms with van der Waals surface area (Å²) in [6, 6.07) is 4.34. The molecule has 0 bridgehead atoms. The van der Waals surface area contributed by atoms with Gasteiger partial charge >= 0.3 is 0 Å². The van der Waals surface area contributed by atoms with Gasteiger partial charge in [-0.15, -0.1) is 0 Å². The highest BCUT2D eigenvalue weighted by molar-refractivity contribution is 5.53. The lowest BCUT2D eigenvalue weighted by Gasteiger charge is -2.32. The molecule has 0 aromatic heterocycles. The van der Waals surface area contributed by atoms with E-state index in [0.29, 0.717) is 5.92 Å². The summed E-state index contributed by atoms with van der Waals surface area (Å²) in [7, 11) is 3.57. The number of benzene rings is 1. The van der Waals surface area contributed by atoms with Gasteiger partial charge in [-0.05, 0) is 69.0 Å². The van der Waals surface area contributed by atoms with E-state index in [0.717, 1.165) is 23.5 Å². The molecule has 3 nitrogen and oxygen atoms in total. The van der Waals surface area contributed by atoms with Gasteiger partial charge in [-0.25, -0.2) is 0 Å². The fraction of sp³-hybridized carbons (Fsp3) is 0.684. The Morgan fingerprint density at radius 3 is 2.32 bits per heavy atom. The summed E-state index contributed by atoms with van der Waals surface area (Å²) in [5.74, 6) is 2.72. The minimum absolute atomic E-state index is 0.640. The molecule has 1 aromatic rings. The third-order valence-electron chi connectivity index (χ3n) is 5.92. The third kappa shape index (κ3) is 2.60. The second kappa shape index (κ2) is 5.45. The second-order valence-corrected chi connectivity index (χ2v) is 7.42. The molecule has 22 heavy (non-hydrogen) atoms. The quantitative estimate of drug-likeness (QED) is 0.822. The number of likely N-dealkylation sites (tertiary alicyclic amines) is 1. The highest BCUT2D eigenvalue weighted by Gasteiger charge is 2.44. The van der Waals surface area contributed by atoms with Crippen LogP contribution in [-0.4, -0.2) is 32.2 Å². The van der Waals surface area contributed by atoms with E-state index in [1.807, 2.05) is 0 Å². The first kappa shape index (κ1) is 14.4. The SMILES string of the molecule is COc1ccc(CN2CCC3(CC2)CC3)c(OC)c1C1CC1. The van der Waals surface area contributed by atoms with Crippen molar-refractivity contribution in [2.75, 3.05) is 27.3 Å². The van der Waals surface area contributed by atoms with E-state index in [-0.39, 0.29) is 0 Å². The molecule has 1 heterocycles. The molecule has 3 heteroatoms. The third-order valence-corrected chi connectivity index (χ3v) is 5.92. The van der Waals surface area contributed by atoms with Crippen LogP contribution < -0.4 is 9.47 Å². The maximum absolute atomic E-state index is 5.81. The zero-order valence-electron chi connectivity index (χ0n) is 13.9. The van der Waals surface area contributed by atoms with Gasteiger partial charge in [0.15, 0.2) is 0 Å². The van der Waals surface area contributed by atoms with Gasteiger partial charge in [0.2, 0.25) is 0 Å². The van der Waals surface area contributed by atoms with Gasteiger partial charge in [0, 0.05) is 17.7 Å². The fourth-order valence-corrected chi connectivity index (χ4v) is 4.03. The van der Waals surface area contributed by atoms with E-state index >= 15 is 0 Å². The fourth-order valence-electron chi connectivity index (χ4n) is 4.03. The predicted molar refractivity (Wildman–Crippen MR) is 87.7 cm³/mol. The van der Waals surface area contributed by atoms with Gasteiger partial charge in [0.1, 0.15) is 11.5 Å². The minimum Gasteiger partial charge on any atom is -0.496 e. The summed E-state index contributed by atoms with van der Waals surface area (Å²) in [6.07, 6.45) is 8.25. The molecule has 0 N–H and O–H groups in total. The molecular weight excluding hydrogens is 274 g/mol. The standard InChI is InChI=1S/C19H27NO2/c1-21-16-6-5-15(18(22-2)17(16)14-3-4-14)13-20-11-9-19(7-8-19)10-12-20/h5-6,14H,3-4,7-13H2,1-2H3. The molecule has 3 fully saturated rings. The molecule has 120 valence electrons. The Labute approximate surface area is 133 Å². The van der Waals surface area contributed by atoms with E-state index in [1.165, 1.54) is 62.7 Å². The molecule has 3 aliphatic rings. The highest BCUT2D eigenvalue weighted by atomic mass is 16.5. The van der Waals surface area contributed by atoms with Gasteiger partial charge in [0.05, 0.1) is 14.2 Å². The zero-order valence-corrected chi connectivity index (χ0v) is 13.9.